The van der Waals surface area contributed by atoms with E-state index in [1.54, 1.807) is 24.3 Å². The zero-order chi connectivity index (χ0) is 16.8. The van der Waals surface area contributed by atoms with E-state index in [4.69, 9.17) is 4.84 Å². The van der Waals surface area contributed by atoms with Crippen molar-refractivity contribution < 1.29 is 14.0 Å². The monoisotopic (exact) mass is 378 g/mol. The van der Waals surface area contributed by atoms with Crippen LogP contribution in [0, 0.1) is 5.82 Å². The summed E-state index contributed by atoms with van der Waals surface area (Å²) in [6.07, 6.45) is 0. The Kier molecular flexibility index (Phi) is 5.87. The van der Waals surface area contributed by atoms with Crippen molar-refractivity contribution in [3.63, 3.8) is 0 Å². The summed E-state index contributed by atoms with van der Waals surface area (Å²) in [4.78, 5) is 16.3. The van der Waals surface area contributed by atoms with Gasteiger partial charge in [0.2, 0.25) is 5.91 Å². The SMILES string of the molecule is CC(=O)Nc1ccc(/C(C)=N/OCc2ccc(F)c(Br)c2)cc1. The Morgan fingerprint density at radius 3 is 2.52 bits per heavy atom. The van der Waals surface area contributed by atoms with Gasteiger partial charge in [0.25, 0.3) is 0 Å². The van der Waals surface area contributed by atoms with Crippen molar-refractivity contribution >= 4 is 33.2 Å². The van der Waals surface area contributed by atoms with Crippen LogP contribution in [0.5, 0.6) is 0 Å². The van der Waals surface area contributed by atoms with Gasteiger partial charge in [-0.2, -0.15) is 0 Å². The van der Waals surface area contributed by atoms with Crippen LogP contribution in [0.3, 0.4) is 0 Å². The molecule has 0 atom stereocenters. The highest BCUT2D eigenvalue weighted by molar-refractivity contribution is 9.10. The van der Waals surface area contributed by atoms with Crippen LogP contribution in [0.1, 0.15) is 25.0 Å². The van der Waals surface area contributed by atoms with E-state index in [2.05, 4.69) is 26.4 Å². The Morgan fingerprint density at radius 2 is 1.91 bits per heavy atom. The standard InChI is InChI=1S/C17H16BrFN2O2/c1-11(14-4-6-15(7-5-14)20-12(2)22)21-23-10-13-3-8-17(19)16(18)9-13/h3-9H,10H2,1-2H3,(H,20,22)/b21-11+. The lowest BCUT2D eigenvalue weighted by molar-refractivity contribution is -0.114. The molecule has 6 heteroatoms. The number of halogens is 2. The van der Waals surface area contributed by atoms with Gasteiger partial charge in [0.05, 0.1) is 10.2 Å². The molecule has 0 aliphatic rings. The van der Waals surface area contributed by atoms with Gasteiger partial charge in [-0.1, -0.05) is 23.4 Å². The quantitative estimate of drug-likeness (QED) is 0.615. The molecule has 0 saturated carbocycles. The van der Waals surface area contributed by atoms with E-state index in [9.17, 15) is 9.18 Å². The van der Waals surface area contributed by atoms with Gasteiger partial charge in [0.1, 0.15) is 12.4 Å². The summed E-state index contributed by atoms with van der Waals surface area (Å²) in [6, 6.07) is 12.0. The van der Waals surface area contributed by atoms with E-state index < -0.39 is 0 Å². The minimum absolute atomic E-state index is 0.114. The molecule has 0 heterocycles. The number of hydrogen-bond acceptors (Lipinski definition) is 3. The molecule has 4 nitrogen and oxygen atoms in total. The van der Waals surface area contributed by atoms with Crippen molar-refractivity contribution in [2.24, 2.45) is 5.16 Å². The van der Waals surface area contributed by atoms with E-state index >= 15 is 0 Å². The molecule has 0 saturated heterocycles. The Bertz CT molecular complexity index is 730. The molecule has 2 aromatic rings. The average molecular weight is 379 g/mol. The normalized spacial score (nSPS) is 11.2. The third-order valence-electron chi connectivity index (χ3n) is 3.04. The minimum atomic E-state index is -0.312. The predicted octanol–water partition coefficient (Wildman–Crippen LogP) is 4.49. The molecule has 2 aromatic carbocycles. The van der Waals surface area contributed by atoms with Crippen LogP contribution in [0.25, 0.3) is 0 Å². The van der Waals surface area contributed by atoms with Gasteiger partial charge in [0, 0.05) is 12.6 Å². The van der Waals surface area contributed by atoms with Crippen molar-refractivity contribution in [2.45, 2.75) is 20.5 Å². The highest BCUT2D eigenvalue weighted by atomic mass is 79.9. The average Bonchev–Trinajstić information content (AvgIpc) is 2.51. The molecule has 1 N–H and O–H groups in total. The lowest BCUT2D eigenvalue weighted by Crippen LogP contribution is -2.06. The first-order valence-electron chi connectivity index (χ1n) is 6.94. The highest BCUT2D eigenvalue weighted by Crippen LogP contribution is 2.17. The molecular weight excluding hydrogens is 363 g/mol. The van der Waals surface area contributed by atoms with Crippen molar-refractivity contribution in [1.82, 2.24) is 0 Å². The van der Waals surface area contributed by atoms with Gasteiger partial charge in [0.15, 0.2) is 0 Å². The van der Waals surface area contributed by atoms with Crippen molar-refractivity contribution in [3.05, 3.63) is 63.9 Å². The third kappa shape index (κ3) is 5.17. The van der Waals surface area contributed by atoms with Gasteiger partial charge in [-0.15, -0.1) is 0 Å². The maximum absolute atomic E-state index is 13.1. The van der Waals surface area contributed by atoms with Crippen LogP contribution in [-0.4, -0.2) is 11.6 Å². The van der Waals surface area contributed by atoms with Crippen molar-refractivity contribution in [2.75, 3.05) is 5.32 Å². The molecular formula is C17H16BrFN2O2. The van der Waals surface area contributed by atoms with E-state index in [0.29, 0.717) is 10.2 Å². The highest BCUT2D eigenvalue weighted by Gasteiger charge is 2.02. The number of carbonyl (C=O) groups excluding carboxylic acids is 1. The maximum Gasteiger partial charge on any atom is 0.221 e. The Hall–Kier alpha value is -2.21. The van der Waals surface area contributed by atoms with E-state index in [-0.39, 0.29) is 18.3 Å². The largest absolute Gasteiger partial charge is 0.391 e. The number of carbonyl (C=O) groups is 1. The minimum Gasteiger partial charge on any atom is -0.391 e. The van der Waals surface area contributed by atoms with Crippen LogP contribution >= 0.6 is 15.9 Å². The number of oxime groups is 1. The first kappa shape index (κ1) is 17.1. The molecule has 0 radical (unpaired) electrons. The summed E-state index contributed by atoms with van der Waals surface area (Å²) in [5.41, 5.74) is 3.14. The summed E-state index contributed by atoms with van der Waals surface area (Å²) in [6.45, 7) is 3.54. The number of amides is 1. The second-order valence-corrected chi connectivity index (χ2v) is 5.81. The van der Waals surface area contributed by atoms with Crippen molar-refractivity contribution in [3.8, 4) is 0 Å². The first-order valence-corrected chi connectivity index (χ1v) is 7.73. The summed E-state index contributed by atoms with van der Waals surface area (Å²) in [7, 11) is 0. The van der Waals surface area contributed by atoms with Gasteiger partial charge >= 0.3 is 0 Å². The molecule has 0 bridgehead atoms. The summed E-state index contributed by atoms with van der Waals surface area (Å²) < 4.78 is 13.5. The Balaban J connectivity index is 1.96. The molecule has 0 unspecified atom stereocenters. The van der Waals surface area contributed by atoms with Gasteiger partial charge in [-0.05, 0) is 58.2 Å². The summed E-state index contributed by atoms with van der Waals surface area (Å²) >= 11 is 3.13. The number of rotatable bonds is 5. The molecule has 0 aliphatic heterocycles. The van der Waals surface area contributed by atoms with E-state index in [1.807, 2.05) is 19.1 Å². The van der Waals surface area contributed by atoms with Gasteiger partial charge in [-0.3, -0.25) is 4.79 Å². The molecule has 2 rings (SSSR count). The zero-order valence-corrected chi connectivity index (χ0v) is 14.4. The summed E-state index contributed by atoms with van der Waals surface area (Å²) in [5, 5.41) is 6.75. The second-order valence-electron chi connectivity index (χ2n) is 4.96. The topological polar surface area (TPSA) is 50.7 Å². The smallest absolute Gasteiger partial charge is 0.221 e. The second kappa shape index (κ2) is 7.87. The lowest BCUT2D eigenvalue weighted by atomic mass is 10.1. The van der Waals surface area contributed by atoms with Crippen LogP contribution in [0.15, 0.2) is 52.1 Å². The number of anilines is 1. The van der Waals surface area contributed by atoms with E-state index in [1.165, 1.54) is 13.0 Å². The third-order valence-corrected chi connectivity index (χ3v) is 3.65. The van der Waals surface area contributed by atoms with Crippen LogP contribution in [0.2, 0.25) is 0 Å². The number of nitrogens with one attached hydrogen (secondary N) is 1. The van der Waals surface area contributed by atoms with Crippen LogP contribution in [0.4, 0.5) is 10.1 Å². The maximum atomic E-state index is 13.1. The number of benzene rings is 2. The fourth-order valence-electron chi connectivity index (χ4n) is 1.88. The molecule has 23 heavy (non-hydrogen) atoms. The molecule has 0 aliphatic carbocycles. The molecule has 0 aromatic heterocycles. The molecule has 0 fully saturated rings. The number of hydrogen-bond donors (Lipinski definition) is 1. The van der Waals surface area contributed by atoms with Gasteiger partial charge < -0.3 is 10.2 Å². The lowest BCUT2D eigenvalue weighted by Gasteiger charge is -2.05. The van der Waals surface area contributed by atoms with Crippen LogP contribution < -0.4 is 5.32 Å². The first-order chi connectivity index (χ1) is 11.0. The molecule has 1 amide bonds. The number of nitrogens with zero attached hydrogens (tertiary/aromatic N) is 1. The fraction of sp³-hybridized carbons (Fsp3) is 0.176. The summed E-state index contributed by atoms with van der Waals surface area (Å²) in [5.74, 6) is -0.426. The predicted molar refractivity (Wildman–Crippen MR) is 91.8 cm³/mol. The Morgan fingerprint density at radius 1 is 1.22 bits per heavy atom. The van der Waals surface area contributed by atoms with Crippen LogP contribution in [-0.2, 0) is 16.2 Å². The Labute approximate surface area is 142 Å². The van der Waals surface area contributed by atoms with E-state index in [0.717, 1.165) is 16.8 Å². The fourth-order valence-corrected chi connectivity index (χ4v) is 2.31. The van der Waals surface area contributed by atoms with Gasteiger partial charge in [-0.25, -0.2) is 4.39 Å². The molecule has 0 spiro atoms. The molecule has 120 valence electrons. The van der Waals surface area contributed by atoms with Crippen molar-refractivity contribution in [1.29, 1.82) is 0 Å². The zero-order valence-electron chi connectivity index (χ0n) is 12.8.